The van der Waals surface area contributed by atoms with Crippen LogP contribution in [0.15, 0.2) is 18.7 Å². The van der Waals surface area contributed by atoms with Crippen molar-refractivity contribution in [2.24, 2.45) is 17.3 Å². The van der Waals surface area contributed by atoms with Gasteiger partial charge in [0.15, 0.2) is 0 Å². The first kappa shape index (κ1) is 20.6. The zero-order valence-corrected chi connectivity index (χ0v) is 17.3. The summed E-state index contributed by atoms with van der Waals surface area (Å²) < 4.78 is 0. The number of carbonyl (C=O) groups is 1. The molecule has 0 saturated heterocycles. The van der Waals surface area contributed by atoms with E-state index in [0.717, 1.165) is 22.6 Å². The zero-order chi connectivity index (χ0) is 20.5. The van der Waals surface area contributed by atoms with Crippen molar-refractivity contribution >= 4 is 11.9 Å². The number of hydrogen-bond donors (Lipinski definition) is 2. The highest BCUT2D eigenvalue weighted by Gasteiger charge is 2.62. The molecule has 4 rings (SSSR count). The van der Waals surface area contributed by atoms with Crippen molar-refractivity contribution in [2.45, 2.75) is 57.8 Å². The largest absolute Gasteiger partial charge is 0.508 e. The number of Topliss-reactive ketones (excluding diaryl/α,β-unsaturated/α-hetero) is 1. The van der Waals surface area contributed by atoms with Gasteiger partial charge in [0.2, 0.25) is 0 Å². The van der Waals surface area contributed by atoms with Crippen LogP contribution in [-0.2, 0) is 16.6 Å². The second-order valence-corrected chi connectivity index (χ2v) is 8.72. The molecule has 0 aromatic heterocycles. The van der Waals surface area contributed by atoms with Crippen LogP contribution in [0.25, 0.3) is 6.08 Å². The average Bonchev–Trinajstić information content (AvgIpc) is 3.44. The Morgan fingerprint density at radius 2 is 2.14 bits per heavy atom. The van der Waals surface area contributed by atoms with Gasteiger partial charge in [0, 0.05) is 17.8 Å². The molecule has 4 heteroatoms. The first-order chi connectivity index (χ1) is 13.4. The van der Waals surface area contributed by atoms with Gasteiger partial charge in [-0.3, -0.25) is 4.79 Å². The summed E-state index contributed by atoms with van der Waals surface area (Å²) >= 11 is 0. The van der Waals surface area contributed by atoms with E-state index < -0.39 is 10.8 Å². The number of nitrogens with one attached hydrogen (secondary N) is 1. The summed E-state index contributed by atoms with van der Waals surface area (Å²) in [6, 6.07) is 6.02. The Kier molecular flexibility index (Phi) is 5.68. The fourth-order valence-electron chi connectivity index (χ4n) is 5.51. The van der Waals surface area contributed by atoms with Gasteiger partial charge >= 0.3 is 0 Å². The molecule has 2 N–H and O–H groups in total. The molecule has 1 aromatic carbocycles. The van der Waals surface area contributed by atoms with E-state index in [-0.39, 0.29) is 17.5 Å². The lowest BCUT2D eigenvalue weighted by molar-refractivity contribution is -0.131. The van der Waals surface area contributed by atoms with Crippen LogP contribution in [-0.4, -0.2) is 24.5 Å². The normalized spacial score (nSPS) is 30.5. The van der Waals surface area contributed by atoms with Gasteiger partial charge in [-0.2, -0.15) is 5.26 Å². The molecule has 0 bridgehead atoms. The van der Waals surface area contributed by atoms with Crippen LogP contribution in [0.2, 0.25) is 0 Å². The standard InChI is InChI=1S/C19H21NO2.C5H11N/c1-4-12-6-7-15(21)13-10-14-16(22)8-9-18(3,11-20)19(14,5-2)17(12)13;1-6-4-5-2-3-5/h4,6-7,14,21H,1,5,8-10H2,2-3H3;5-6H,2-4H2,1H3/t14-,18?,19+;/m0./s1. The highest BCUT2D eigenvalue weighted by atomic mass is 16.3. The van der Waals surface area contributed by atoms with Gasteiger partial charge in [0.05, 0.1) is 11.5 Å². The Morgan fingerprint density at radius 3 is 2.64 bits per heavy atom. The second-order valence-electron chi connectivity index (χ2n) is 8.72. The summed E-state index contributed by atoms with van der Waals surface area (Å²) in [7, 11) is 2.01. The SMILES string of the molecule is C=Cc1ccc(O)c2c1[C@@]1(CC)[C@@H](C2)C(=O)CCC1(C)C#N.CNCC1CC1. The molecule has 0 amide bonds. The molecule has 28 heavy (non-hydrogen) atoms. The second kappa shape index (κ2) is 7.72. The van der Waals surface area contributed by atoms with Crippen molar-refractivity contribution in [2.75, 3.05) is 13.6 Å². The smallest absolute Gasteiger partial charge is 0.137 e. The van der Waals surface area contributed by atoms with Crippen LogP contribution in [0.5, 0.6) is 5.75 Å². The number of aromatic hydroxyl groups is 1. The molecule has 1 unspecified atom stereocenters. The fraction of sp³-hybridized carbons (Fsp3) is 0.583. The van der Waals surface area contributed by atoms with Gasteiger partial charge in [0.25, 0.3) is 0 Å². The molecule has 4 nitrogen and oxygen atoms in total. The molecule has 0 aliphatic heterocycles. The predicted molar refractivity (Wildman–Crippen MR) is 112 cm³/mol. The number of nitriles is 1. The van der Waals surface area contributed by atoms with Gasteiger partial charge in [-0.05, 0) is 81.3 Å². The maximum absolute atomic E-state index is 12.6. The molecule has 2 fully saturated rings. The fourth-order valence-corrected chi connectivity index (χ4v) is 5.51. The number of fused-ring (bicyclic) bond motifs is 3. The number of rotatable bonds is 4. The van der Waals surface area contributed by atoms with Crippen molar-refractivity contribution in [3.05, 3.63) is 35.4 Å². The minimum Gasteiger partial charge on any atom is -0.508 e. The van der Waals surface area contributed by atoms with Crippen LogP contribution in [0.1, 0.15) is 62.6 Å². The van der Waals surface area contributed by atoms with Crippen LogP contribution >= 0.6 is 0 Å². The summed E-state index contributed by atoms with van der Waals surface area (Å²) in [6.07, 6.45) is 6.97. The Balaban J connectivity index is 0.000000320. The van der Waals surface area contributed by atoms with E-state index in [1.165, 1.54) is 19.4 Å². The summed E-state index contributed by atoms with van der Waals surface area (Å²) in [5, 5.41) is 23.3. The Hall–Kier alpha value is -2.12. The topological polar surface area (TPSA) is 73.1 Å². The van der Waals surface area contributed by atoms with Gasteiger partial charge < -0.3 is 10.4 Å². The Bertz CT molecular complexity index is 821. The molecule has 1 aromatic rings. The highest BCUT2D eigenvalue weighted by molar-refractivity contribution is 5.87. The van der Waals surface area contributed by atoms with E-state index in [4.69, 9.17) is 0 Å². The third-order valence-corrected chi connectivity index (χ3v) is 7.23. The molecule has 3 atom stereocenters. The minimum atomic E-state index is -0.600. The number of phenolic OH excluding ortho intramolecular Hbond substituents is 1. The molecule has 3 aliphatic carbocycles. The van der Waals surface area contributed by atoms with E-state index in [2.05, 4.69) is 18.0 Å². The summed E-state index contributed by atoms with van der Waals surface area (Å²) in [5.41, 5.74) is 1.63. The van der Waals surface area contributed by atoms with E-state index in [1.807, 2.05) is 27.0 Å². The van der Waals surface area contributed by atoms with Gasteiger partial charge in [0.1, 0.15) is 11.5 Å². The molecule has 3 aliphatic rings. The number of carbonyl (C=O) groups excluding carboxylic acids is 1. The van der Waals surface area contributed by atoms with Crippen molar-refractivity contribution in [3.8, 4) is 11.8 Å². The predicted octanol–water partition coefficient (Wildman–Crippen LogP) is 4.36. The Morgan fingerprint density at radius 1 is 1.43 bits per heavy atom. The van der Waals surface area contributed by atoms with Crippen molar-refractivity contribution in [3.63, 3.8) is 0 Å². The van der Waals surface area contributed by atoms with Crippen molar-refractivity contribution in [1.29, 1.82) is 5.26 Å². The zero-order valence-electron chi connectivity index (χ0n) is 17.3. The third kappa shape index (κ3) is 3.06. The monoisotopic (exact) mass is 380 g/mol. The maximum Gasteiger partial charge on any atom is 0.137 e. The van der Waals surface area contributed by atoms with Crippen molar-refractivity contribution < 1.29 is 9.90 Å². The van der Waals surface area contributed by atoms with E-state index in [0.29, 0.717) is 25.7 Å². The van der Waals surface area contributed by atoms with Gasteiger partial charge in [-0.1, -0.05) is 25.6 Å². The lowest BCUT2D eigenvalue weighted by Gasteiger charge is -2.49. The molecule has 0 spiro atoms. The number of nitrogens with zero attached hydrogens (tertiary/aromatic N) is 1. The number of hydrogen-bond acceptors (Lipinski definition) is 4. The average molecular weight is 381 g/mol. The van der Waals surface area contributed by atoms with Gasteiger partial charge in [-0.15, -0.1) is 0 Å². The van der Waals surface area contributed by atoms with Crippen LogP contribution in [0.4, 0.5) is 0 Å². The lowest BCUT2D eigenvalue weighted by Crippen LogP contribution is -2.52. The molecular formula is C24H32N2O2. The number of phenols is 1. The maximum atomic E-state index is 12.6. The third-order valence-electron chi connectivity index (χ3n) is 7.23. The molecule has 2 saturated carbocycles. The number of benzene rings is 1. The first-order valence-electron chi connectivity index (χ1n) is 10.4. The minimum absolute atomic E-state index is 0.210. The van der Waals surface area contributed by atoms with Crippen LogP contribution in [0, 0.1) is 28.6 Å². The lowest BCUT2D eigenvalue weighted by atomic mass is 9.50. The van der Waals surface area contributed by atoms with E-state index in [1.54, 1.807) is 12.1 Å². The summed E-state index contributed by atoms with van der Waals surface area (Å²) in [5.74, 6) is 1.28. The van der Waals surface area contributed by atoms with Crippen molar-refractivity contribution in [1.82, 2.24) is 5.32 Å². The highest BCUT2D eigenvalue weighted by Crippen LogP contribution is 2.62. The quantitative estimate of drug-likeness (QED) is 0.814. The number of ketones is 1. The van der Waals surface area contributed by atoms with E-state index >= 15 is 0 Å². The Labute approximate surface area is 168 Å². The molecule has 0 heterocycles. The van der Waals surface area contributed by atoms with Crippen LogP contribution in [0.3, 0.4) is 0 Å². The molecule has 0 radical (unpaired) electrons. The molecule has 150 valence electrons. The molecular weight excluding hydrogens is 348 g/mol. The summed E-state index contributed by atoms with van der Waals surface area (Å²) in [6.45, 7) is 9.14. The summed E-state index contributed by atoms with van der Waals surface area (Å²) in [4.78, 5) is 12.6. The first-order valence-corrected chi connectivity index (χ1v) is 10.4. The van der Waals surface area contributed by atoms with Crippen LogP contribution < -0.4 is 5.32 Å². The van der Waals surface area contributed by atoms with E-state index in [9.17, 15) is 15.2 Å². The van der Waals surface area contributed by atoms with Gasteiger partial charge in [-0.25, -0.2) is 0 Å².